The average molecular weight is 388 g/mol. The van der Waals surface area contributed by atoms with Gasteiger partial charge in [-0.2, -0.15) is 0 Å². The van der Waals surface area contributed by atoms with Crippen molar-refractivity contribution >= 4 is 34.5 Å². The summed E-state index contributed by atoms with van der Waals surface area (Å²) < 4.78 is 0. The maximum absolute atomic E-state index is 12.3. The first-order valence-electron chi connectivity index (χ1n) is 8.54. The summed E-state index contributed by atoms with van der Waals surface area (Å²) in [7, 11) is 0. The standard InChI is InChI=1S/C18H20N4O4S/c1-13-4-5-14(15(11-13)22(25)26)19-17(23)12-20-6-8-21(9-7-20)18(24)16-3-2-10-27-16/h2-5,10-11H,6-9,12H2,1H3,(H,19,23). The largest absolute Gasteiger partial charge is 0.335 e. The summed E-state index contributed by atoms with van der Waals surface area (Å²) in [5.41, 5.74) is 0.836. The number of nitrogens with zero attached hydrogens (tertiary/aromatic N) is 3. The quantitative estimate of drug-likeness (QED) is 0.627. The van der Waals surface area contributed by atoms with E-state index in [0.29, 0.717) is 31.1 Å². The third-order valence-electron chi connectivity index (χ3n) is 4.38. The summed E-state index contributed by atoms with van der Waals surface area (Å²) in [6, 6.07) is 8.36. The number of thiophene rings is 1. The van der Waals surface area contributed by atoms with Crippen molar-refractivity contribution < 1.29 is 14.5 Å². The van der Waals surface area contributed by atoms with Gasteiger partial charge in [-0.15, -0.1) is 11.3 Å². The van der Waals surface area contributed by atoms with Crippen molar-refractivity contribution in [2.45, 2.75) is 6.92 Å². The highest BCUT2D eigenvalue weighted by Gasteiger charge is 2.24. The van der Waals surface area contributed by atoms with Gasteiger partial charge in [0.1, 0.15) is 5.69 Å². The highest BCUT2D eigenvalue weighted by Crippen LogP contribution is 2.25. The van der Waals surface area contributed by atoms with Crippen LogP contribution >= 0.6 is 11.3 Å². The molecule has 1 N–H and O–H groups in total. The number of piperazine rings is 1. The Morgan fingerprint density at radius 3 is 2.59 bits per heavy atom. The molecule has 27 heavy (non-hydrogen) atoms. The predicted molar refractivity (Wildman–Crippen MR) is 103 cm³/mol. The van der Waals surface area contributed by atoms with Crippen molar-refractivity contribution in [1.29, 1.82) is 0 Å². The molecule has 0 saturated carbocycles. The molecule has 2 heterocycles. The van der Waals surface area contributed by atoms with Gasteiger partial charge in [0.25, 0.3) is 11.6 Å². The summed E-state index contributed by atoms with van der Waals surface area (Å²) in [4.78, 5) is 39.7. The van der Waals surface area contributed by atoms with Crippen LogP contribution in [0.1, 0.15) is 15.2 Å². The predicted octanol–water partition coefficient (Wildman–Crippen LogP) is 2.36. The minimum absolute atomic E-state index is 0.0179. The number of carbonyl (C=O) groups excluding carboxylic acids is 2. The van der Waals surface area contributed by atoms with Crippen LogP contribution < -0.4 is 5.32 Å². The maximum Gasteiger partial charge on any atom is 0.293 e. The van der Waals surface area contributed by atoms with Crippen LogP contribution in [0.25, 0.3) is 0 Å². The van der Waals surface area contributed by atoms with Gasteiger partial charge in [-0.1, -0.05) is 12.1 Å². The summed E-state index contributed by atoms with van der Waals surface area (Å²) >= 11 is 1.42. The Balaban J connectivity index is 1.53. The minimum atomic E-state index is -0.502. The second kappa shape index (κ2) is 8.28. The Kier molecular flexibility index (Phi) is 5.82. The lowest BCUT2D eigenvalue weighted by Crippen LogP contribution is -2.50. The van der Waals surface area contributed by atoms with Gasteiger partial charge in [-0.25, -0.2) is 0 Å². The number of nitro benzene ring substituents is 1. The van der Waals surface area contributed by atoms with Crippen molar-refractivity contribution in [1.82, 2.24) is 9.80 Å². The Morgan fingerprint density at radius 1 is 1.22 bits per heavy atom. The molecule has 1 aliphatic rings. The molecule has 9 heteroatoms. The molecule has 0 spiro atoms. The molecule has 1 fully saturated rings. The number of amides is 2. The average Bonchev–Trinajstić information content (AvgIpc) is 3.18. The molecule has 3 rings (SSSR count). The molecule has 0 unspecified atom stereocenters. The molecule has 1 saturated heterocycles. The van der Waals surface area contributed by atoms with Crippen LogP contribution in [0.15, 0.2) is 35.7 Å². The van der Waals surface area contributed by atoms with Crippen LogP contribution in [-0.2, 0) is 4.79 Å². The van der Waals surface area contributed by atoms with Gasteiger partial charge in [0.2, 0.25) is 5.91 Å². The van der Waals surface area contributed by atoms with Crippen LogP contribution in [0.5, 0.6) is 0 Å². The molecule has 0 radical (unpaired) electrons. The van der Waals surface area contributed by atoms with Crippen LogP contribution in [0.2, 0.25) is 0 Å². The molecule has 1 aromatic heterocycles. The number of nitro groups is 1. The number of hydrogen-bond acceptors (Lipinski definition) is 6. The molecule has 0 bridgehead atoms. The van der Waals surface area contributed by atoms with E-state index in [1.807, 2.05) is 16.3 Å². The van der Waals surface area contributed by atoms with Gasteiger partial charge in [0.05, 0.1) is 16.3 Å². The van der Waals surface area contributed by atoms with E-state index in [2.05, 4.69) is 5.32 Å². The number of carbonyl (C=O) groups is 2. The lowest BCUT2D eigenvalue weighted by Gasteiger charge is -2.34. The van der Waals surface area contributed by atoms with Gasteiger partial charge in [0, 0.05) is 32.2 Å². The lowest BCUT2D eigenvalue weighted by atomic mass is 10.2. The van der Waals surface area contributed by atoms with Gasteiger partial charge in [-0.3, -0.25) is 24.6 Å². The summed E-state index contributed by atoms with van der Waals surface area (Å²) in [6.07, 6.45) is 0. The molecular formula is C18H20N4O4S. The second-order valence-electron chi connectivity index (χ2n) is 6.37. The minimum Gasteiger partial charge on any atom is -0.335 e. The monoisotopic (exact) mass is 388 g/mol. The zero-order chi connectivity index (χ0) is 19.4. The van der Waals surface area contributed by atoms with E-state index >= 15 is 0 Å². The highest BCUT2D eigenvalue weighted by molar-refractivity contribution is 7.12. The summed E-state index contributed by atoms with van der Waals surface area (Å²) in [5.74, 6) is -0.288. The Morgan fingerprint density at radius 2 is 1.96 bits per heavy atom. The molecule has 8 nitrogen and oxygen atoms in total. The summed E-state index contributed by atoms with van der Waals surface area (Å²) in [5, 5.41) is 15.6. The van der Waals surface area contributed by atoms with Gasteiger partial charge < -0.3 is 10.2 Å². The fraction of sp³-hybridized carbons (Fsp3) is 0.333. The van der Waals surface area contributed by atoms with Crippen molar-refractivity contribution in [2.75, 3.05) is 38.0 Å². The first-order valence-corrected chi connectivity index (χ1v) is 9.42. The Bertz CT molecular complexity index is 845. The van der Waals surface area contributed by atoms with E-state index in [1.54, 1.807) is 30.0 Å². The highest BCUT2D eigenvalue weighted by atomic mass is 32.1. The molecule has 2 aromatic rings. The molecule has 0 atom stereocenters. The van der Waals surface area contributed by atoms with Crippen molar-refractivity contribution in [3.05, 3.63) is 56.3 Å². The van der Waals surface area contributed by atoms with Crippen LogP contribution in [0.3, 0.4) is 0 Å². The second-order valence-corrected chi connectivity index (χ2v) is 7.32. The lowest BCUT2D eigenvalue weighted by molar-refractivity contribution is -0.384. The number of anilines is 1. The van der Waals surface area contributed by atoms with Crippen molar-refractivity contribution in [3.8, 4) is 0 Å². The van der Waals surface area contributed by atoms with E-state index in [-0.39, 0.29) is 29.7 Å². The number of nitrogens with one attached hydrogen (secondary N) is 1. The number of hydrogen-bond donors (Lipinski definition) is 1. The van der Waals surface area contributed by atoms with E-state index in [9.17, 15) is 19.7 Å². The third-order valence-corrected chi connectivity index (χ3v) is 5.24. The molecule has 1 aromatic carbocycles. The molecular weight excluding hydrogens is 368 g/mol. The fourth-order valence-electron chi connectivity index (χ4n) is 2.96. The summed E-state index contributed by atoms with van der Waals surface area (Å²) in [6.45, 7) is 4.16. The number of aryl methyl sites for hydroxylation is 1. The number of benzene rings is 1. The maximum atomic E-state index is 12.3. The molecule has 2 amide bonds. The van der Waals surface area contributed by atoms with Crippen molar-refractivity contribution in [3.63, 3.8) is 0 Å². The molecule has 142 valence electrons. The van der Waals surface area contributed by atoms with Gasteiger partial charge in [0.15, 0.2) is 0 Å². The Labute approximate surface area is 160 Å². The normalized spacial score (nSPS) is 14.8. The SMILES string of the molecule is Cc1ccc(NC(=O)CN2CCN(C(=O)c3cccs3)CC2)c([N+](=O)[O-])c1. The van der Waals surface area contributed by atoms with Crippen LogP contribution in [-0.4, -0.2) is 59.3 Å². The van der Waals surface area contributed by atoms with E-state index < -0.39 is 4.92 Å². The Hall–Kier alpha value is -2.78. The van der Waals surface area contributed by atoms with E-state index in [1.165, 1.54) is 17.4 Å². The first-order chi connectivity index (χ1) is 12.9. The third kappa shape index (κ3) is 4.69. The van der Waals surface area contributed by atoms with E-state index in [4.69, 9.17) is 0 Å². The zero-order valence-corrected chi connectivity index (χ0v) is 15.7. The van der Waals surface area contributed by atoms with Crippen LogP contribution in [0.4, 0.5) is 11.4 Å². The topological polar surface area (TPSA) is 95.8 Å². The molecule has 0 aliphatic carbocycles. The smallest absolute Gasteiger partial charge is 0.293 e. The number of rotatable bonds is 5. The van der Waals surface area contributed by atoms with E-state index in [0.717, 1.165) is 5.56 Å². The van der Waals surface area contributed by atoms with Gasteiger partial charge >= 0.3 is 0 Å². The first kappa shape index (κ1) is 19.0. The molecule has 1 aliphatic heterocycles. The zero-order valence-electron chi connectivity index (χ0n) is 14.9. The fourth-order valence-corrected chi connectivity index (χ4v) is 3.65. The van der Waals surface area contributed by atoms with Crippen LogP contribution in [0, 0.1) is 17.0 Å². The van der Waals surface area contributed by atoms with Gasteiger partial charge in [-0.05, 0) is 30.0 Å². The van der Waals surface area contributed by atoms with Crippen molar-refractivity contribution in [2.24, 2.45) is 0 Å².